The van der Waals surface area contributed by atoms with Gasteiger partial charge < -0.3 is 19.3 Å². The number of benzene rings is 9. The number of nitrogens with zero attached hydrogens (tertiary/aromatic N) is 2. The molecule has 0 N–H and O–H groups in total. The van der Waals surface area contributed by atoms with Gasteiger partial charge in [0.15, 0.2) is 11.5 Å². The molecule has 4 heterocycles. The van der Waals surface area contributed by atoms with Crippen molar-refractivity contribution < 1.29 is 9.47 Å². The monoisotopic (exact) mass is 938 g/mol. The maximum atomic E-state index is 6.66. The van der Waals surface area contributed by atoms with Gasteiger partial charge in [-0.15, -0.1) is 11.3 Å². The van der Waals surface area contributed by atoms with Crippen LogP contribution in [0, 0.1) is 6.92 Å². The summed E-state index contributed by atoms with van der Waals surface area (Å²) in [6.07, 6.45) is 0. The predicted octanol–water partition coefficient (Wildman–Crippen LogP) is 15.8. The lowest BCUT2D eigenvalue weighted by Crippen LogP contribution is -2.61. The summed E-state index contributed by atoms with van der Waals surface area (Å²) in [6, 6.07) is 68.7. The minimum Gasteiger partial charge on any atom is -0.486 e. The molecule has 1 aromatic heterocycles. The second-order valence-electron chi connectivity index (χ2n) is 21.7. The van der Waals surface area contributed by atoms with Gasteiger partial charge in [-0.3, -0.25) is 0 Å². The zero-order valence-corrected chi connectivity index (χ0v) is 42.2. The lowest BCUT2D eigenvalue weighted by atomic mass is 9.33. The molecule has 3 aliphatic heterocycles. The van der Waals surface area contributed by atoms with Crippen molar-refractivity contribution in [2.45, 2.75) is 59.3 Å². The maximum absolute atomic E-state index is 6.66. The number of thiophene rings is 1. The Hall–Kier alpha value is -7.54. The van der Waals surface area contributed by atoms with E-state index in [0.717, 1.165) is 39.9 Å². The van der Waals surface area contributed by atoms with Crippen LogP contribution in [-0.2, 0) is 10.8 Å². The van der Waals surface area contributed by atoms with Crippen LogP contribution in [0.25, 0.3) is 53.6 Å². The van der Waals surface area contributed by atoms with Crippen molar-refractivity contribution in [3.63, 3.8) is 0 Å². The van der Waals surface area contributed by atoms with Crippen LogP contribution < -0.4 is 35.7 Å². The van der Waals surface area contributed by atoms with Crippen molar-refractivity contribution in [2.75, 3.05) is 23.0 Å². The molecule has 4 nitrogen and oxygen atoms in total. The second kappa shape index (κ2) is 16.3. The fourth-order valence-electron chi connectivity index (χ4n) is 11.3. The van der Waals surface area contributed by atoms with Gasteiger partial charge in [0, 0.05) is 48.6 Å². The molecule has 0 fully saturated rings. The molecule has 0 aliphatic carbocycles. The van der Waals surface area contributed by atoms with Crippen molar-refractivity contribution in [3.8, 4) is 44.9 Å². The highest BCUT2D eigenvalue weighted by Crippen LogP contribution is 2.51. The molecule has 0 spiro atoms. The van der Waals surface area contributed by atoms with Gasteiger partial charge >= 0.3 is 0 Å². The maximum Gasteiger partial charge on any atom is 0.252 e. The predicted molar refractivity (Wildman–Crippen MR) is 303 cm³/mol. The second-order valence-corrected chi connectivity index (χ2v) is 22.8. The van der Waals surface area contributed by atoms with Crippen LogP contribution in [0.15, 0.2) is 182 Å². The Balaban J connectivity index is 1.09. The molecule has 0 saturated carbocycles. The fraction of sp³-hybridized carbons (Fsp3) is 0.169. The van der Waals surface area contributed by atoms with E-state index in [1.54, 1.807) is 0 Å². The molecule has 10 aromatic rings. The van der Waals surface area contributed by atoms with Gasteiger partial charge in [0.1, 0.15) is 13.2 Å². The number of ether oxygens (including phenoxy) is 2. The third-order valence-electron chi connectivity index (χ3n) is 15.0. The van der Waals surface area contributed by atoms with Crippen molar-refractivity contribution >= 4 is 88.7 Å². The van der Waals surface area contributed by atoms with Crippen LogP contribution in [-0.4, -0.2) is 19.9 Å². The van der Waals surface area contributed by atoms with E-state index in [4.69, 9.17) is 9.47 Å². The standard InChI is InChI=1S/C65H55BN2O2S/c1-40-33-56-61-57(34-40)68(49-13-9-8-10-14-49)62-54(29-30-58-63(62)70-32-31-69-58)66(61)53-28-22-43(44-21-27-52-51-15-11-12-16-59(51)71-60(52)39-44)38-55(53)67(56)50-36-45(41-17-23-47(24-18-41)64(2,3)4)35-46(37-50)42-19-25-48(26-20-42)65(5,6)7/h8-30,33-39H,31-32H2,1-7H3. The Kier molecular flexibility index (Phi) is 9.96. The van der Waals surface area contributed by atoms with Crippen molar-refractivity contribution in [1.82, 2.24) is 0 Å². The Morgan fingerprint density at radius 3 is 1.72 bits per heavy atom. The highest BCUT2D eigenvalue weighted by atomic mass is 32.1. The molecule has 0 atom stereocenters. The van der Waals surface area contributed by atoms with E-state index in [9.17, 15) is 0 Å². The molecule has 0 radical (unpaired) electrons. The van der Waals surface area contributed by atoms with Gasteiger partial charge in [-0.25, -0.2) is 0 Å². The molecule has 3 aliphatic rings. The molecule has 346 valence electrons. The van der Waals surface area contributed by atoms with Crippen LogP contribution in [0.5, 0.6) is 11.5 Å². The largest absolute Gasteiger partial charge is 0.486 e. The van der Waals surface area contributed by atoms with Crippen LogP contribution in [0.1, 0.15) is 58.2 Å². The first-order valence-electron chi connectivity index (χ1n) is 25.0. The number of para-hydroxylation sites is 1. The smallest absolute Gasteiger partial charge is 0.252 e. The molecule has 13 rings (SSSR count). The van der Waals surface area contributed by atoms with E-state index < -0.39 is 0 Å². The quantitative estimate of drug-likeness (QED) is 0.161. The highest BCUT2D eigenvalue weighted by Gasteiger charge is 2.45. The third-order valence-corrected chi connectivity index (χ3v) is 16.1. The summed E-state index contributed by atoms with van der Waals surface area (Å²) >= 11 is 1.87. The van der Waals surface area contributed by atoms with E-state index in [0.29, 0.717) is 13.2 Å². The Morgan fingerprint density at radius 2 is 1.03 bits per heavy atom. The van der Waals surface area contributed by atoms with Gasteiger partial charge in [-0.1, -0.05) is 157 Å². The normalized spacial score (nSPS) is 13.9. The minimum absolute atomic E-state index is 0.0442. The topological polar surface area (TPSA) is 24.9 Å². The van der Waals surface area contributed by atoms with Gasteiger partial charge in [0.25, 0.3) is 6.71 Å². The van der Waals surface area contributed by atoms with E-state index in [2.05, 4.69) is 240 Å². The molecule has 0 unspecified atom stereocenters. The summed E-state index contributed by atoms with van der Waals surface area (Å²) in [5.41, 5.74) is 21.4. The van der Waals surface area contributed by atoms with Gasteiger partial charge in [-0.05, 0) is 151 Å². The molecule has 6 heteroatoms. The molecular weight excluding hydrogens is 884 g/mol. The lowest BCUT2D eigenvalue weighted by molar-refractivity contribution is 0.172. The summed E-state index contributed by atoms with van der Waals surface area (Å²) in [6.45, 7) is 16.9. The van der Waals surface area contributed by atoms with Crippen molar-refractivity contribution in [1.29, 1.82) is 0 Å². The Morgan fingerprint density at radius 1 is 0.451 bits per heavy atom. The first-order valence-corrected chi connectivity index (χ1v) is 25.8. The number of hydrogen-bond acceptors (Lipinski definition) is 5. The Labute approximate surface area is 421 Å². The third kappa shape index (κ3) is 7.25. The number of fused-ring (bicyclic) bond motifs is 9. The lowest BCUT2D eigenvalue weighted by Gasteiger charge is -2.45. The molecule has 0 amide bonds. The molecule has 71 heavy (non-hydrogen) atoms. The molecular formula is C65H55BN2O2S. The zero-order valence-electron chi connectivity index (χ0n) is 41.4. The van der Waals surface area contributed by atoms with E-state index in [-0.39, 0.29) is 17.5 Å². The number of aryl methyl sites for hydroxylation is 1. The average Bonchev–Trinajstić information content (AvgIpc) is 3.76. The first-order chi connectivity index (χ1) is 34.4. The molecule has 0 saturated heterocycles. The van der Waals surface area contributed by atoms with Crippen LogP contribution >= 0.6 is 11.3 Å². The van der Waals surface area contributed by atoms with Crippen molar-refractivity contribution in [2.24, 2.45) is 0 Å². The zero-order chi connectivity index (χ0) is 48.3. The minimum atomic E-state index is -0.0886. The van der Waals surface area contributed by atoms with Crippen LogP contribution in [0.3, 0.4) is 0 Å². The average molecular weight is 939 g/mol. The van der Waals surface area contributed by atoms with Gasteiger partial charge in [-0.2, -0.15) is 0 Å². The fourth-order valence-corrected chi connectivity index (χ4v) is 12.5. The Bertz CT molecular complexity index is 3670. The van der Waals surface area contributed by atoms with E-state index in [1.165, 1.54) is 92.3 Å². The molecule has 0 bridgehead atoms. The summed E-state index contributed by atoms with van der Waals surface area (Å²) in [5, 5.41) is 2.62. The summed E-state index contributed by atoms with van der Waals surface area (Å²) in [5.74, 6) is 1.59. The van der Waals surface area contributed by atoms with Crippen molar-refractivity contribution in [3.05, 3.63) is 199 Å². The summed E-state index contributed by atoms with van der Waals surface area (Å²) < 4.78 is 15.6. The van der Waals surface area contributed by atoms with E-state index >= 15 is 0 Å². The van der Waals surface area contributed by atoms with Gasteiger partial charge in [0.2, 0.25) is 0 Å². The van der Waals surface area contributed by atoms with Gasteiger partial charge in [0.05, 0.1) is 5.69 Å². The first kappa shape index (κ1) is 43.5. The van der Waals surface area contributed by atoms with Crippen LogP contribution in [0.4, 0.5) is 34.1 Å². The summed E-state index contributed by atoms with van der Waals surface area (Å²) in [7, 11) is 0. The number of rotatable bonds is 5. The summed E-state index contributed by atoms with van der Waals surface area (Å²) in [4.78, 5) is 5.00. The highest BCUT2D eigenvalue weighted by molar-refractivity contribution is 7.25. The SMILES string of the molecule is Cc1cc2c3c(c1)N(c1ccccc1)c1c(ccc4c1OCCO4)B3c1ccc(-c3ccc4c(c3)sc3ccccc34)cc1N2c1cc(-c2ccc(C(C)(C)C)cc2)cc(-c2ccc(C(C)(C)C)cc2)c1. The number of hydrogen-bond donors (Lipinski definition) is 0. The van der Waals surface area contributed by atoms with E-state index in [1.807, 2.05) is 11.3 Å². The van der Waals surface area contributed by atoms with Crippen LogP contribution in [0.2, 0.25) is 0 Å². The molecule has 9 aromatic carbocycles. The number of anilines is 6.